The molecule has 4 aromatic rings. The molecular formula is C30H29N3O5. The number of carbonyl (C=O) groups excluding carboxylic acids is 2. The number of nitrogens with zero attached hydrogens (tertiary/aromatic N) is 2. The third-order valence-corrected chi connectivity index (χ3v) is 5.77. The number of aryl methyl sites for hydroxylation is 1. The number of anilines is 1. The molecule has 0 aliphatic carbocycles. The van der Waals surface area contributed by atoms with E-state index < -0.39 is 5.97 Å². The van der Waals surface area contributed by atoms with Crippen LogP contribution in [0.25, 0.3) is 6.08 Å². The van der Waals surface area contributed by atoms with Gasteiger partial charge < -0.3 is 19.5 Å². The second kappa shape index (κ2) is 12.4. The van der Waals surface area contributed by atoms with Crippen LogP contribution in [0.15, 0.2) is 85.2 Å². The maximum absolute atomic E-state index is 12.5. The third kappa shape index (κ3) is 6.88. The Labute approximate surface area is 221 Å². The largest absolute Gasteiger partial charge is 0.496 e. The number of amides is 1. The molecule has 194 valence electrons. The average Bonchev–Trinajstić information content (AvgIpc) is 3.37. The van der Waals surface area contributed by atoms with Gasteiger partial charge in [-0.2, -0.15) is 5.10 Å². The van der Waals surface area contributed by atoms with Crippen molar-refractivity contribution < 1.29 is 23.8 Å². The molecule has 1 heterocycles. The van der Waals surface area contributed by atoms with Crippen LogP contribution in [-0.2, 0) is 22.7 Å². The molecule has 3 aromatic carbocycles. The van der Waals surface area contributed by atoms with E-state index in [9.17, 15) is 9.59 Å². The molecule has 0 saturated carbocycles. The lowest BCUT2D eigenvalue weighted by molar-refractivity contribution is -0.111. The highest BCUT2D eigenvalue weighted by molar-refractivity contribution is 6.01. The smallest absolute Gasteiger partial charge is 0.338 e. The predicted octanol–water partition coefficient (Wildman–Crippen LogP) is 5.27. The highest BCUT2D eigenvalue weighted by atomic mass is 16.5. The Morgan fingerprint density at radius 3 is 2.63 bits per heavy atom. The summed E-state index contributed by atoms with van der Waals surface area (Å²) in [5, 5.41) is 7.09. The first kappa shape index (κ1) is 26.2. The van der Waals surface area contributed by atoms with E-state index in [1.165, 1.54) is 13.2 Å². The van der Waals surface area contributed by atoms with E-state index in [1.54, 1.807) is 42.4 Å². The van der Waals surface area contributed by atoms with Gasteiger partial charge in [0, 0.05) is 17.8 Å². The topological polar surface area (TPSA) is 91.7 Å². The van der Waals surface area contributed by atoms with Crippen molar-refractivity contribution in [2.24, 2.45) is 0 Å². The molecular weight excluding hydrogens is 482 g/mol. The summed E-state index contributed by atoms with van der Waals surface area (Å²) in [5.41, 5.74) is 4.60. The van der Waals surface area contributed by atoms with Gasteiger partial charge in [-0.05, 0) is 60.0 Å². The Kier molecular flexibility index (Phi) is 8.56. The van der Waals surface area contributed by atoms with Crippen molar-refractivity contribution in [1.29, 1.82) is 0 Å². The van der Waals surface area contributed by atoms with Crippen LogP contribution in [-0.4, -0.2) is 35.9 Å². The van der Waals surface area contributed by atoms with Crippen LogP contribution in [0.1, 0.15) is 32.6 Å². The van der Waals surface area contributed by atoms with E-state index in [1.807, 2.05) is 61.5 Å². The number of nitrogens with one attached hydrogen (secondary N) is 1. The fourth-order valence-corrected chi connectivity index (χ4v) is 3.89. The molecule has 1 amide bonds. The van der Waals surface area contributed by atoms with E-state index in [2.05, 4.69) is 10.4 Å². The zero-order valence-corrected chi connectivity index (χ0v) is 21.5. The molecule has 0 aliphatic rings. The first-order chi connectivity index (χ1) is 18.4. The SMILES string of the molecule is COC(=O)c1ccccc1Cn1cc(NC(=O)/C=C/c2ccc(OC)c(COc3cccc(C)c3)c2)cn1. The van der Waals surface area contributed by atoms with Gasteiger partial charge in [-0.1, -0.05) is 36.4 Å². The second-order valence-corrected chi connectivity index (χ2v) is 8.57. The molecule has 4 rings (SSSR count). The number of benzene rings is 3. The lowest BCUT2D eigenvalue weighted by Crippen LogP contribution is -2.09. The Balaban J connectivity index is 1.38. The van der Waals surface area contributed by atoms with Gasteiger partial charge in [0.15, 0.2) is 0 Å². The van der Waals surface area contributed by atoms with Crippen LogP contribution in [0.2, 0.25) is 0 Å². The lowest BCUT2D eigenvalue weighted by atomic mass is 10.1. The van der Waals surface area contributed by atoms with Gasteiger partial charge in [0.1, 0.15) is 18.1 Å². The number of ether oxygens (including phenoxy) is 3. The first-order valence-electron chi connectivity index (χ1n) is 12.0. The second-order valence-electron chi connectivity index (χ2n) is 8.57. The summed E-state index contributed by atoms with van der Waals surface area (Å²) in [6, 6.07) is 20.7. The summed E-state index contributed by atoms with van der Waals surface area (Å²) >= 11 is 0. The molecule has 0 radical (unpaired) electrons. The fourth-order valence-electron chi connectivity index (χ4n) is 3.89. The summed E-state index contributed by atoms with van der Waals surface area (Å²) < 4.78 is 17.9. The minimum atomic E-state index is -0.408. The van der Waals surface area contributed by atoms with E-state index in [4.69, 9.17) is 14.2 Å². The van der Waals surface area contributed by atoms with Gasteiger partial charge in [-0.25, -0.2) is 4.79 Å². The van der Waals surface area contributed by atoms with E-state index in [0.717, 1.165) is 28.0 Å². The van der Waals surface area contributed by atoms with Crippen LogP contribution in [0.5, 0.6) is 11.5 Å². The van der Waals surface area contributed by atoms with Gasteiger partial charge in [-0.15, -0.1) is 0 Å². The van der Waals surface area contributed by atoms with E-state index >= 15 is 0 Å². The van der Waals surface area contributed by atoms with Crippen molar-refractivity contribution >= 4 is 23.6 Å². The fraction of sp³-hybridized carbons (Fsp3) is 0.167. The maximum Gasteiger partial charge on any atom is 0.338 e. The van der Waals surface area contributed by atoms with Crippen LogP contribution in [0, 0.1) is 6.92 Å². The number of carbonyl (C=O) groups is 2. The van der Waals surface area contributed by atoms with E-state index in [0.29, 0.717) is 30.2 Å². The number of hydrogen-bond acceptors (Lipinski definition) is 6. The third-order valence-electron chi connectivity index (χ3n) is 5.77. The maximum atomic E-state index is 12.5. The minimum Gasteiger partial charge on any atom is -0.496 e. The standard InChI is InChI=1S/C30H29N3O5/c1-21-7-6-9-26(15-21)38-20-24-16-22(11-13-28(24)36-2)12-14-29(34)32-25-17-31-33(19-25)18-23-8-4-5-10-27(23)30(35)37-3/h4-17,19H,18,20H2,1-3H3,(H,32,34)/b14-12+. The zero-order valence-electron chi connectivity index (χ0n) is 21.5. The van der Waals surface area contributed by atoms with Gasteiger partial charge in [0.25, 0.3) is 0 Å². The normalized spacial score (nSPS) is 10.8. The van der Waals surface area contributed by atoms with E-state index in [-0.39, 0.29) is 5.91 Å². The van der Waals surface area contributed by atoms with Crippen molar-refractivity contribution in [3.8, 4) is 11.5 Å². The van der Waals surface area contributed by atoms with Gasteiger partial charge in [0.2, 0.25) is 5.91 Å². The van der Waals surface area contributed by atoms with Crippen molar-refractivity contribution in [1.82, 2.24) is 9.78 Å². The first-order valence-corrected chi connectivity index (χ1v) is 12.0. The van der Waals surface area contributed by atoms with Gasteiger partial charge in [0.05, 0.1) is 38.2 Å². The molecule has 0 unspecified atom stereocenters. The molecule has 8 nitrogen and oxygen atoms in total. The van der Waals surface area contributed by atoms with Gasteiger partial charge in [-0.3, -0.25) is 9.48 Å². The highest BCUT2D eigenvalue weighted by Crippen LogP contribution is 2.23. The molecule has 0 bridgehead atoms. The Morgan fingerprint density at radius 1 is 1.00 bits per heavy atom. The number of aromatic nitrogens is 2. The number of esters is 1. The number of methoxy groups -OCH3 is 2. The van der Waals surface area contributed by atoms with Gasteiger partial charge >= 0.3 is 5.97 Å². The molecule has 0 spiro atoms. The van der Waals surface area contributed by atoms with Crippen molar-refractivity contribution in [3.05, 3.63) is 113 Å². The highest BCUT2D eigenvalue weighted by Gasteiger charge is 2.12. The molecule has 1 N–H and O–H groups in total. The molecule has 8 heteroatoms. The van der Waals surface area contributed by atoms with Crippen LogP contribution in [0.3, 0.4) is 0 Å². The summed E-state index contributed by atoms with van der Waals surface area (Å²) in [5.74, 6) is 0.782. The minimum absolute atomic E-state index is 0.298. The quantitative estimate of drug-likeness (QED) is 0.231. The number of rotatable bonds is 10. The summed E-state index contributed by atoms with van der Waals surface area (Å²) in [4.78, 5) is 24.5. The van der Waals surface area contributed by atoms with Crippen molar-refractivity contribution in [2.75, 3.05) is 19.5 Å². The molecule has 0 atom stereocenters. The average molecular weight is 512 g/mol. The van der Waals surface area contributed by atoms with Crippen LogP contribution >= 0.6 is 0 Å². The summed E-state index contributed by atoms with van der Waals surface area (Å²) in [6.45, 7) is 2.70. The summed E-state index contributed by atoms with van der Waals surface area (Å²) in [7, 11) is 2.96. The molecule has 0 fully saturated rings. The Morgan fingerprint density at radius 2 is 1.84 bits per heavy atom. The zero-order chi connectivity index (χ0) is 26.9. The molecule has 1 aromatic heterocycles. The Hall–Kier alpha value is -4.85. The van der Waals surface area contributed by atoms with Crippen LogP contribution < -0.4 is 14.8 Å². The predicted molar refractivity (Wildman–Crippen MR) is 145 cm³/mol. The van der Waals surface area contributed by atoms with Crippen LogP contribution in [0.4, 0.5) is 5.69 Å². The molecule has 0 saturated heterocycles. The molecule has 38 heavy (non-hydrogen) atoms. The summed E-state index contributed by atoms with van der Waals surface area (Å²) in [6.07, 6.45) is 6.44. The molecule has 0 aliphatic heterocycles. The Bertz CT molecular complexity index is 1460. The number of hydrogen-bond donors (Lipinski definition) is 1. The lowest BCUT2D eigenvalue weighted by Gasteiger charge is -2.11. The van der Waals surface area contributed by atoms with Crippen molar-refractivity contribution in [2.45, 2.75) is 20.1 Å². The monoisotopic (exact) mass is 511 g/mol. The van der Waals surface area contributed by atoms with Crippen molar-refractivity contribution in [3.63, 3.8) is 0 Å².